The number of rotatable bonds is 0. The molecule has 0 radical (unpaired) electrons. The first-order valence-electron chi connectivity index (χ1n) is 4.45. The summed E-state index contributed by atoms with van der Waals surface area (Å²) >= 11 is 0. The van der Waals surface area contributed by atoms with Crippen LogP contribution in [0.5, 0.6) is 0 Å². The second-order valence-electron chi connectivity index (χ2n) is 2.83. The van der Waals surface area contributed by atoms with E-state index in [0.29, 0.717) is 0 Å². The van der Waals surface area contributed by atoms with Crippen molar-refractivity contribution >= 4 is 5.96 Å². The SMILES string of the molecule is C1CN=C2NCCCN2C1.CO. The minimum atomic E-state index is 1.00. The Morgan fingerprint density at radius 3 is 2.83 bits per heavy atom. The van der Waals surface area contributed by atoms with Crippen LogP contribution in [0.25, 0.3) is 0 Å². The molecule has 0 aromatic heterocycles. The molecule has 0 spiro atoms. The van der Waals surface area contributed by atoms with Crippen molar-refractivity contribution in [2.75, 3.05) is 33.3 Å². The Hall–Kier alpha value is -0.770. The van der Waals surface area contributed by atoms with Gasteiger partial charge in [0.1, 0.15) is 0 Å². The molecule has 1 saturated heterocycles. The predicted octanol–water partition coefficient (Wildman–Crippen LogP) is -0.350. The van der Waals surface area contributed by atoms with Crippen molar-refractivity contribution in [3.63, 3.8) is 0 Å². The first-order valence-corrected chi connectivity index (χ1v) is 4.45. The van der Waals surface area contributed by atoms with Gasteiger partial charge in [-0.2, -0.15) is 0 Å². The van der Waals surface area contributed by atoms with Gasteiger partial charge in [0.2, 0.25) is 0 Å². The van der Waals surface area contributed by atoms with E-state index in [2.05, 4.69) is 15.2 Å². The number of hydrogen-bond acceptors (Lipinski definition) is 4. The van der Waals surface area contributed by atoms with E-state index in [1.807, 2.05) is 0 Å². The second-order valence-corrected chi connectivity index (χ2v) is 2.83. The molecule has 2 aliphatic heterocycles. The van der Waals surface area contributed by atoms with E-state index in [1.165, 1.54) is 25.9 Å². The van der Waals surface area contributed by atoms with Crippen molar-refractivity contribution in [3.05, 3.63) is 0 Å². The van der Waals surface area contributed by atoms with Gasteiger partial charge in [-0.25, -0.2) is 0 Å². The quantitative estimate of drug-likeness (QED) is 0.524. The molecule has 2 N–H and O–H groups in total. The number of aliphatic hydroxyl groups is 1. The first kappa shape index (κ1) is 9.32. The van der Waals surface area contributed by atoms with Gasteiger partial charge in [-0.05, 0) is 12.8 Å². The van der Waals surface area contributed by atoms with Gasteiger partial charge in [-0.1, -0.05) is 0 Å². The average molecular weight is 171 g/mol. The third-order valence-electron chi connectivity index (χ3n) is 2.04. The third kappa shape index (κ3) is 2.11. The van der Waals surface area contributed by atoms with Gasteiger partial charge in [0, 0.05) is 33.3 Å². The van der Waals surface area contributed by atoms with Crippen molar-refractivity contribution in [1.29, 1.82) is 0 Å². The number of hydrogen-bond donors (Lipinski definition) is 2. The van der Waals surface area contributed by atoms with Gasteiger partial charge in [-0.3, -0.25) is 4.99 Å². The van der Waals surface area contributed by atoms with E-state index in [4.69, 9.17) is 5.11 Å². The minimum Gasteiger partial charge on any atom is -0.400 e. The maximum absolute atomic E-state index is 7.00. The second kappa shape index (κ2) is 4.98. The molecule has 0 aromatic carbocycles. The van der Waals surface area contributed by atoms with Crippen LogP contribution in [0.4, 0.5) is 0 Å². The molecule has 0 bridgehead atoms. The fraction of sp³-hybridized carbons (Fsp3) is 0.875. The number of nitrogens with one attached hydrogen (secondary N) is 1. The normalized spacial score (nSPS) is 21.2. The highest BCUT2D eigenvalue weighted by molar-refractivity contribution is 5.81. The lowest BCUT2D eigenvalue weighted by Gasteiger charge is -2.33. The maximum atomic E-state index is 7.00. The van der Waals surface area contributed by atoms with Crippen LogP contribution in [0.3, 0.4) is 0 Å². The zero-order chi connectivity index (χ0) is 8.81. The molecule has 2 heterocycles. The summed E-state index contributed by atoms with van der Waals surface area (Å²) in [6.45, 7) is 4.52. The van der Waals surface area contributed by atoms with E-state index in [1.54, 1.807) is 0 Å². The number of nitrogens with zero attached hydrogens (tertiary/aromatic N) is 2. The van der Waals surface area contributed by atoms with E-state index in [-0.39, 0.29) is 0 Å². The van der Waals surface area contributed by atoms with Crippen molar-refractivity contribution in [2.45, 2.75) is 12.8 Å². The number of fused-ring (bicyclic) bond motifs is 1. The lowest BCUT2D eigenvalue weighted by molar-refractivity contribution is 0.346. The van der Waals surface area contributed by atoms with Crippen LogP contribution in [-0.4, -0.2) is 49.3 Å². The summed E-state index contributed by atoms with van der Waals surface area (Å²) in [5.74, 6) is 1.14. The van der Waals surface area contributed by atoms with E-state index < -0.39 is 0 Å². The monoisotopic (exact) mass is 171 g/mol. The van der Waals surface area contributed by atoms with Gasteiger partial charge >= 0.3 is 0 Å². The average Bonchev–Trinajstić information content (AvgIpc) is 2.21. The fourth-order valence-electron chi connectivity index (χ4n) is 1.51. The van der Waals surface area contributed by atoms with Gasteiger partial charge in [0.15, 0.2) is 5.96 Å². The molecule has 0 atom stereocenters. The van der Waals surface area contributed by atoms with Gasteiger partial charge in [0.05, 0.1) is 0 Å². The smallest absolute Gasteiger partial charge is 0.193 e. The van der Waals surface area contributed by atoms with Crippen molar-refractivity contribution in [2.24, 2.45) is 4.99 Å². The van der Waals surface area contributed by atoms with Crippen LogP contribution in [0.15, 0.2) is 4.99 Å². The summed E-state index contributed by atoms with van der Waals surface area (Å²) < 4.78 is 0. The summed E-state index contributed by atoms with van der Waals surface area (Å²) in [5, 5.41) is 10.3. The summed E-state index contributed by atoms with van der Waals surface area (Å²) in [4.78, 5) is 6.72. The Morgan fingerprint density at radius 1 is 1.33 bits per heavy atom. The highest BCUT2D eigenvalue weighted by Gasteiger charge is 2.17. The lowest BCUT2D eigenvalue weighted by atomic mass is 10.2. The van der Waals surface area contributed by atoms with Gasteiger partial charge < -0.3 is 15.3 Å². The molecule has 2 aliphatic rings. The molecule has 0 aliphatic carbocycles. The highest BCUT2D eigenvalue weighted by Crippen LogP contribution is 2.05. The molecule has 0 aromatic rings. The van der Waals surface area contributed by atoms with E-state index in [9.17, 15) is 0 Å². The molecule has 0 amide bonds. The summed E-state index contributed by atoms with van der Waals surface area (Å²) in [6, 6.07) is 0. The molecule has 0 unspecified atom stereocenters. The van der Waals surface area contributed by atoms with E-state index >= 15 is 0 Å². The van der Waals surface area contributed by atoms with Crippen molar-refractivity contribution in [3.8, 4) is 0 Å². The summed E-state index contributed by atoms with van der Waals surface area (Å²) in [7, 11) is 1.00. The van der Waals surface area contributed by atoms with Crippen LogP contribution in [0, 0.1) is 0 Å². The van der Waals surface area contributed by atoms with E-state index in [0.717, 1.165) is 26.2 Å². The Balaban J connectivity index is 0.000000336. The van der Waals surface area contributed by atoms with Crippen molar-refractivity contribution < 1.29 is 5.11 Å². The Kier molecular flexibility index (Phi) is 3.87. The topological polar surface area (TPSA) is 47.9 Å². The zero-order valence-corrected chi connectivity index (χ0v) is 7.58. The Labute approximate surface area is 73.3 Å². The molecule has 4 nitrogen and oxygen atoms in total. The highest BCUT2D eigenvalue weighted by atomic mass is 16.2. The molecule has 1 fully saturated rings. The number of aliphatic hydroxyl groups excluding tert-OH is 1. The fourth-order valence-corrected chi connectivity index (χ4v) is 1.51. The van der Waals surface area contributed by atoms with Crippen molar-refractivity contribution in [1.82, 2.24) is 10.2 Å². The molecule has 12 heavy (non-hydrogen) atoms. The van der Waals surface area contributed by atoms with Crippen LogP contribution in [0.2, 0.25) is 0 Å². The van der Waals surface area contributed by atoms with Gasteiger partial charge in [-0.15, -0.1) is 0 Å². The standard InChI is InChI=1S/C7H13N3.CH4O/c1-3-8-7-9-4-2-6-10(7)5-1;1-2/h1-6H2,(H,8,9);2H,1H3. The summed E-state index contributed by atoms with van der Waals surface area (Å²) in [6.07, 6.45) is 2.49. The number of aliphatic imine (C=N–C) groups is 1. The molecular formula is C8H17N3O. The Bertz CT molecular complexity index is 158. The number of guanidine groups is 1. The lowest BCUT2D eigenvalue weighted by Crippen LogP contribution is -2.49. The zero-order valence-electron chi connectivity index (χ0n) is 7.58. The maximum Gasteiger partial charge on any atom is 0.193 e. The molecule has 0 saturated carbocycles. The summed E-state index contributed by atoms with van der Waals surface area (Å²) in [5.41, 5.74) is 0. The largest absolute Gasteiger partial charge is 0.400 e. The Morgan fingerprint density at radius 2 is 2.08 bits per heavy atom. The molecule has 2 rings (SSSR count). The third-order valence-corrected chi connectivity index (χ3v) is 2.04. The minimum absolute atomic E-state index is 1.00. The molecule has 4 heteroatoms. The van der Waals surface area contributed by atoms with Crippen LogP contribution in [-0.2, 0) is 0 Å². The van der Waals surface area contributed by atoms with Crippen LogP contribution >= 0.6 is 0 Å². The van der Waals surface area contributed by atoms with Crippen LogP contribution in [0.1, 0.15) is 12.8 Å². The van der Waals surface area contributed by atoms with Gasteiger partial charge in [0.25, 0.3) is 0 Å². The molecule has 70 valence electrons. The predicted molar refractivity (Wildman–Crippen MR) is 49.3 cm³/mol. The first-order chi connectivity index (χ1) is 5.97. The molecular weight excluding hydrogens is 154 g/mol. The van der Waals surface area contributed by atoms with Crippen LogP contribution < -0.4 is 5.32 Å².